The van der Waals surface area contributed by atoms with E-state index >= 15 is 0 Å². The molecule has 1 aromatic carbocycles. The lowest BCUT2D eigenvalue weighted by Crippen LogP contribution is -2.25. The molecule has 1 aliphatic rings. The van der Waals surface area contributed by atoms with E-state index in [1.807, 2.05) is 12.1 Å². The summed E-state index contributed by atoms with van der Waals surface area (Å²) in [6, 6.07) is 7.22. The van der Waals surface area contributed by atoms with Crippen molar-refractivity contribution in [3.8, 4) is 0 Å². The predicted octanol–water partition coefficient (Wildman–Crippen LogP) is 2.34. The Hall–Kier alpha value is -1.53. The number of nitrogens with one attached hydrogen (secondary N) is 1. The summed E-state index contributed by atoms with van der Waals surface area (Å²) in [4.78, 5) is 22.6. The molecule has 2 amide bonds. The molecule has 1 unspecified atom stereocenters. The maximum atomic E-state index is 11.6. The fourth-order valence-electron chi connectivity index (χ4n) is 1.64. The van der Waals surface area contributed by atoms with Crippen LogP contribution in [-0.4, -0.2) is 22.0 Å². The van der Waals surface area contributed by atoms with E-state index in [0.717, 1.165) is 5.56 Å². The van der Waals surface area contributed by atoms with E-state index in [1.165, 1.54) is 30.6 Å². The van der Waals surface area contributed by atoms with Crippen molar-refractivity contribution in [1.29, 1.82) is 0 Å². The third kappa shape index (κ3) is 3.27. The summed E-state index contributed by atoms with van der Waals surface area (Å²) in [5.41, 5.74) is 0.858. The zero-order chi connectivity index (χ0) is 14.0. The Morgan fingerprint density at radius 1 is 1.42 bits per heavy atom. The molecule has 2 rings (SSSR count). The molecule has 1 aromatic rings. The van der Waals surface area contributed by atoms with Crippen LogP contribution in [0.3, 0.4) is 0 Å². The summed E-state index contributed by atoms with van der Waals surface area (Å²) in [5, 5.41) is 8.72. The van der Waals surface area contributed by atoms with E-state index in [0.29, 0.717) is 10.2 Å². The number of benzene rings is 1. The molecule has 0 saturated heterocycles. The second-order valence-electron chi connectivity index (χ2n) is 3.98. The number of carbonyl (C=O) groups excluding carboxylic acids is 2. The number of carbonyl (C=O) groups is 2. The van der Waals surface area contributed by atoms with Gasteiger partial charge in [0, 0.05) is 18.9 Å². The molecule has 0 saturated carbocycles. The Labute approximate surface area is 120 Å². The fraction of sp³-hybridized carbons (Fsp3) is 0.250. The quantitative estimate of drug-likeness (QED) is 0.865. The van der Waals surface area contributed by atoms with Crippen LogP contribution >= 0.6 is 23.4 Å². The average molecular weight is 298 g/mol. The number of nitrogens with zero attached hydrogens (tertiary/aromatic N) is 2. The summed E-state index contributed by atoms with van der Waals surface area (Å²) >= 11 is 7.25. The highest BCUT2D eigenvalue weighted by molar-refractivity contribution is 8.14. The number of halogens is 1. The molecule has 7 heteroatoms. The highest BCUT2D eigenvalue weighted by atomic mass is 35.5. The summed E-state index contributed by atoms with van der Waals surface area (Å²) in [6.45, 7) is 2.83. The van der Waals surface area contributed by atoms with Crippen molar-refractivity contribution in [2.24, 2.45) is 5.10 Å². The minimum absolute atomic E-state index is 0.196. The molecule has 0 aromatic heterocycles. The van der Waals surface area contributed by atoms with Crippen LogP contribution in [0.25, 0.3) is 0 Å². The molecule has 0 radical (unpaired) electrons. The third-order valence-corrected chi connectivity index (χ3v) is 3.72. The van der Waals surface area contributed by atoms with Gasteiger partial charge in [-0.3, -0.25) is 9.59 Å². The van der Waals surface area contributed by atoms with Gasteiger partial charge in [0.1, 0.15) is 5.37 Å². The van der Waals surface area contributed by atoms with Crippen molar-refractivity contribution in [2.75, 3.05) is 0 Å². The number of amides is 2. The summed E-state index contributed by atoms with van der Waals surface area (Å²) < 4.78 is 0. The van der Waals surface area contributed by atoms with Gasteiger partial charge in [-0.25, -0.2) is 5.01 Å². The van der Waals surface area contributed by atoms with Crippen molar-refractivity contribution >= 4 is 40.3 Å². The number of hydrogen-bond donors (Lipinski definition) is 1. The van der Waals surface area contributed by atoms with Crippen molar-refractivity contribution in [1.82, 2.24) is 10.3 Å². The minimum atomic E-state index is -0.307. The Morgan fingerprint density at radius 3 is 2.74 bits per heavy atom. The van der Waals surface area contributed by atoms with Crippen LogP contribution in [0.15, 0.2) is 29.4 Å². The van der Waals surface area contributed by atoms with Crippen LogP contribution in [0.2, 0.25) is 5.02 Å². The number of thioether (sulfide) groups is 1. The van der Waals surface area contributed by atoms with Gasteiger partial charge in [0.25, 0.3) is 0 Å². The Balaban J connectivity index is 2.26. The molecular formula is C12H12ClN3O2S. The van der Waals surface area contributed by atoms with Crippen LogP contribution in [0.1, 0.15) is 24.8 Å². The average Bonchev–Trinajstić information content (AvgIpc) is 2.72. The maximum absolute atomic E-state index is 11.6. The summed E-state index contributed by atoms with van der Waals surface area (Å²) in [6.07, 6.45) is 0. The first-order valence-electron chi connectivity index (χ1n) is 5.55. The van der Waals surface area contributed by atoms with Crippen LogP contribution in [-0.2, 0) is 9.59 Å². The molecule has 0 aliphatic carbocycles. The van der Waals surface area contributed by atoms with E-state index in [2.05, 4.69) is 10.4 Å². The van der Waals surface area contributed by atoms with Crippen molar-refractivity contribution in [3.05, 3.63) is 34.9 Å². The van der Waals surface area contributed by atoms with Crippen LogP contribution in [0.4, 0.5) is 0 Å². The smallest absolute Gasteiger partial charge is 0.241 e. The molecule has 5 nitrogen and oxygen atoms in total. The molecule has 100 valence electrons. The Morgan fingerprint density at radius 2 is 2.16 bits per heavy atom. The molecule has 0 spiro atoms. The summed E-state index contributed by atoms with van der Waals surface area (Å²) in [7, 11) is 0. The first-order valence-corrected chi connectivity index (χ1v) is 6.81. The van der Waals surface area contributed by atoms with Crippen LogP contribution in [0, 0.1) is 0 Å². The van der Waals surface area contributed by atoms with Gasteiger partial charge < -0.3 is 5.32 Å². The van der Waals surface area contributed by atoms with Crippen molar-refractivity contribution in [2.45, 2.75) is 19.2 Å². The standard InChI is InChI=1S/C12H12ClN3O2S/c1-7(17)14-12-15-16(8(2)18)11(19-12)9-4-3-5-10(13)6-9/h3-6,11H,1-2H3,(H,14,15,17). The molecule has 0 bridgehead atoms. The second-order valence-corrected chi connectivity index (χ2v) is 5.48. The van der Waals surface area contributed by atoms with Gasteiger partial charge in [-0.2, -0.15) is 0 Å². The maximum Gasteiger partial charge on any atom is 0.241 e. The molecule has 1 heterocycles. The van der Waals surface area contributed by atoms with E-state index in [-0.39, 0.29) is 17.2 Å². The SMILES string of the molecule is CC(=O)NC1=NN(C(C)=O)C(c2cccc(Cl)c2)S1. The lowest BCUT2D eigenvalue weighted by Gasteiger charge is -2.19. The number of rotatable bonds is 1. The van der Waals surface area contributed by atoms with Gasteiger partial charge in [0.2, 0.25) is 11.8 Å². The highest BCUT2D eigenvalue weighted by Gasteiger charge is 2.32. The monoisotopic (exact) mass is 297 g/mol. The second kappa shape index (κ2) is 5.63. The van der Waals surface area contributed by atoms with Crippen LogP contribution in [0.5, 0.6) is 0 Å². The van der Waals surface area contributed by atoms with Gasteiger partial charge >= 0.3 is 0 Å². The zero-order valence-electron chi connectivity index (χ0n) is 10.4. The number of hydrazone groups is 1. The van der Waals surface area contributed by atoms with Gasteiger partial charge in [-0.15, -0.1) is 5.10 Å². The molecule has 19 heavy (non-hydrogen) atoms. The van der Waals surface area contributed by atoms with Gasteiger partial charge in [0.05, 0.1) is 0 Å². The minimum Gasteiger partial charge on any atom is -0.304 e. The highest BCUT2D eigenvalue weighted by Crippen LogP contribution is 2.39. The van der Waals surface area contributed by atoms with E-state index < -0.39 is 0 Å². The van der Waals surface area contributed by atoms with E-state index in [4.69, 9.17) is 11.6 Å². The van der Waals surface area contributed by atoms with E-state index in [1.54, 1.807) is 12.1 Å². The molecular weight excluding hydrogens is 286 g/mol. The number of hydrogen-bond acceptors (Lipinski definition) is 4. The number of amidine groups is 1. The molecule has 1 N–H and O–H groups in total. The Bertz CT molecular complexity index is 562. The lowest BCUT2D eigenvalue weighted by atomic mass is 10.2. The lowest BCUT2D eigenvalue weighted by molar-refractivity contribution is -0.129. The topological polar surface area (TPSA) is 61.8 Å². The molecule has 0 fully saturated rings. The van der Waals surface area contributed by atoms with Crippen molar-refractivity contribution < 1.29 is 9.59 Å². The molecule has 1 atom stereocenters. The normalized spacial score (nSPS) is 18.2. The Kier molecular flexibility index (Phi) is 4.11. The van der Waals surface area contributed by atoms with E-state index in [9.17, 15) is 9.59 Å². The molecule has 1 aliphatic heterocycles. The van der Waals surface area contributed by atoms with Crippen LogP contribution < -0.4 is 5.32 Å². The first kappa shape index (κ1) is 13.9. The zero-order valence-corrected chi connectivity index (χ0v) is 12.0. The third-order valence-electron chi connectivity index (χ3n) is 2.38. The van der Waals surface area contributed by atoms with Crippen molar-refractivity contribution in [3.63, 3.8) is 0 Å². The van der Waals surface area contributed by atoms with Gasteiger partial charge in [-0.1, -0.05) is 35.5 Å². The largest absolute Gasteiger partial charge is 0.304 e. The van der Waals surface area contributed by atoms with Gasteiger partial charge in [-0.05, 0) is 17.7 Å². The fourth-order valence-corrected chi connectivity index (χ4v) is 2.97. The first-order chi connectivity index (χ1) is 8.97. The van der Waals surface area contributed by atoms with Gasteiger partial charge in [0.15, 0.2) is 5.17 Å². The predicted molar refractivity (Wildman–Crippen MR) is 75.6 cm³/mol. The summed E-state index contributed by atoms with van der Waals surface area (Å²) in [5.74, 6) is -0.417.